The van der Waals surface area contributed by atoms with Gasteiger partial charge >= 0.3 is 5.97 Å². The molecule has 6 nitrogen and oxygen atoms in total. The molecule has 0 unspecified atom stereocenters. The topological polar surface area (TPSA) is 81.7 Å². The summed E-state index contributed by atoms with van der Waals surface area (Å²) in [4.78, 5) is 36.2. The molecule has 0 spiro atoms. The highest BCUT2D eigenvalue weighted by atomic mass is 79.9. The fourth-order valence-corrected chi connectivity index (χ4v) is 2.58. The summed E-state index contributed by atoms with van der Waals surface area (Å²) in [7, 11) is 0. The van der Waals surface area contributed by atoms with Gasteiger partial charge in [-0.15, -0.1) is 0 Å². The molecule has 0 saturated heterocycles. The van der Waals surface area contributed by atoms with Gasteiger partial charge in [0.05, 0.1) is 17.7 Å². The Bertz CT molecular complexity index is 669. The standard InChI is InChI=1S/C20H26BrNO5/c1-4-7-12-27-15-10-8-14(9-11-15)19(24)16(21)13-18(23)22-17(5-2)20(25)26-6-3/h8-11,13,17H,4-7,12H2,1-3H3,(H,22,23)/b16-13-/t17-/m1/s1. The van der Waals surface area contributed by atoms with Gasteiger partial charge < -0.3 is 14.8 Å². The summed E-state index contributed by atoms with van der Waals surface area (Å²) in [5.41, 5.74) is 0.422. The maximum Gasteiger partial charge on any atom is 0.328 e. The fraction of sp³-hybridized carbons (Fsp3) is 0.450. The molecule has 7 heteroatoms. The number of carbonyl (C=O) groups excluding carboxylic acids is 3. The van der Waals surface area contributed by atoms with E-state index in [1.165, 1.54) is 0 Å². The highest BCUT2D eigenvalue weighted by molar-refractivity contribution is 9.12. The molecule has 148 valence electrons. The third kappa shape index (κ3) is 7.95. The van der Waals surface area contributed by atoms with E-state index in [0.29, 0.717) is 24.3 Å². The van der Waals surface area contributed by atoms with E-state index in [9.17, 15) is 14.4 Å². The molecular weight excluding hydrogens is 414 g/mol. The first-order chi connectivity index (χ1) is 12.9. The van der Waals surface area contributed by atoms with Crippen LogP contribution in [0.1, 0.15) is 50.4 Å². The van der Waals surface area contributed by atoms with Crippen LogP contribution in [0, 0.1) is 0 Å². The zero-order valence-corrected chi connectivity index (χ0v) is 17.5. The number of nitrogens with one attached hydrogen (secondary N) is 1. The summed E-state index contributed by atoms with van der Waals surface area (Å²) >= 11 is 3.13. The van der Waals surface area contributed by atoms with Crippen LogP contribution in [0.15, 0.2) is 34.8 Å². The van der Waals surface area contributed by atoms with Crippen molar-refractivity contribution in [2.45, 2.75) is 46.1 Å². The van der Waals surface area contributed by atoms with Gasteiger partial charge in [0.2, 0.25) is 5.91 Å². The van der Waals surface area contributed by atoms with Gasteiger partial charge in [-0.05, 0) is 60.0 Å². The molecule has 0 aliphatic heterocycles. The number of Topliss-reactive ketones (excluding diaryl/α,β-unsaturated/α-hetero) is 1. The molecule has 0 aliphatic rings. The van der Waals surface area contributed by atoms with E-state index in [2.05, 4.69) is 28.2 Å². The predicted molar refractivity (Wildman–Crippen MR) is 107 cm³/mol. The number of hydrogen-bond donors (Lipinski definition) is 1. The first kappa shape index (κ1) is 22.9. The molecule has 0 aromatic heterocycles. The molecule has 0 aliphatic carbocycles. The quantitative estimate of drug-likeness (QED) is 0.245. The van der Waals surface area contributed by atoms with E-state index in [1.807, 2.05) is 0 Å². The number of halogens is 1. The zero-order chi connectivity index (χ0) is 20.2. The summed E-state index contributed by atoms with van der Waals surface area (Å²) < 4.78 is 10.6. The van der Waals surface area contributed by atoms with Crippen LogP contribution >= 0.6 is 15.9 Å². The molecule has 27 heavy (non-hydrogen) atoms. The molecule has 1 N–H and O–H groups in total. The average molecular weight is 440 g/mol. The maximum absolute atomic E-state index is 12.4. The number of carbonyl (C=O) groups is 3. The highest BCUT2D eigenvalue weighted by Crippen LogP contribution is 2.18. The Balaban J connectivity index is 2.70. The lowest BCUT2D eigenvalue weighted by Gasteiger charge is -2.14. The average Bonchev–Trinajstić information content (AvgIpc) is 2.66. The van der Waals surface area contributed by atoms with Gasteiger partial charge in [0.25, 0.3) is 0 Å². The first-order valence-corrected chi connectivity index (χ1v) is 9.84. The molecule has 0 heterocycles. The van der Waals surface area contributed by atoms with E-state index >= 15 is 0 Å². The van der Waals surface area contributed by atoms with Crippen LogP contribution in [-0.4, -0.2) is 36.9 Å². The number of allylic oxidation sites excluding steroid dienone is 1. The third-order valence-electron chi connectivity index (χ3n) is 3.65. The third-order valence-corrected chi connectivity index (χ3v) is 4.24. The van der Waals surface area contributed by atoms with Crippen LogP contribution in [0.5, 0.6) is 5.75 Å². The van der Waals surface area contributed by atoms with E-state index in [4.69, 9.17) is 9.47 Å². The van der Waals surface area contributed by atoms with Crippen molar-refractivity contribution in [1.82, 2.24) is 5.32 Å². The van der Waals surface area contributed by atoms with Gasteiger partial charge in [-0.1, -0.05) is 20.3 Å². The summed E-state index contributed by atoms with van der Waals surface area (Å²) in [5, 5.41) is 2.53. The molecule has 0 radical (unpaired) electrons. The zero-order valence-electron chi connectivity index (χ0n) is 15.9. The van der Waals surface area contributed by atoms with Gasteiger partial charge in [0.15, 0.2) is 5.78 Å². The Kier molecular flexibility index (Phi) is 10.4. The first-order valence-electron chi connectivity index (χ1n) is 9.04. The number of rotatable bonds is 11. The van der Waals surface area contributed by atoms with E-state index in [1.54, 1.807) is 38.1 Å². The molecule has 1 atom stereocenters. The summed E-state index contributed by atoms with van der Waals surface area (Å²) in [6, 6.07) is 5.98. The SMILES string of the molecule is CCCCOc1ccc(C(=O)/C(Br)=C/C(=O)N[C@H](CC)C(=O)OCC)cc1. The predicted octanol–water partition coefficient (Wildman–Crippen LogP) is 3.78. The van der Waals surface area contributed by atoms with Crippen molar-refractivity contribution < 1.29 is 23.9 Å². The van der Waals surface area contributed by atoms with E-state index < -0.39 is 17.9 Å². The van der Waals surface area contributed by atoms with Crippen molar-refractivity contribution in [1.29, 1.82) is 0 Å². The second-order valence-corrected chi connectivity index (χ2v) is 6.62. The van der Waals surface area contributed by atoms with Gasteiger partial charge in [-0.25, -0.2) is 4.79 Å². The van der Waals surface area contributed by atoms with E-state index in [-0.39, 0.29) is 16.9 Å². The Morgan fingerprint density at radius 3 is 2.37 bits per heavy atom. The normalized spacial score (nSPS) is 12.2. The van der Waals surface area contributed by atoms with Gasteiger partial charge in [0, 0.05) is 11.6 Å². The number of benzene rings is 1. The minimum Gasteiger partial charge on any atom is -0.494 e. The van der Waals surface area contributed by atoms with Crippen molar-refractivity contribution in [2.24, 2.45) is 0 Å². The summed E-state index contributed by atoms with van der Waals surface area (Å²) in [5.74, 6) is -0.690. The van der Waals surface area contributed by atoms with Gasteiger partial charge in [-0.2, -0.15) is 0 Å². The smallest absolute Gasteiger partial charge is 0.328 e. The number of unbranched alkanes of at least 4 members (excludes halogenated alkanes) is 1. The minimum atomic E-state index is -0.747. The van der Waals surface area contributed by atoms with Crippen LogP contribution in [-0.2, 0) is 14.3 Å². The highest BCUT2D eigenvalue weighted by Gasteiger charge is 2.20. The Morgan fingerprint density at radius 1 is 1.15 bits per heavy atom. The van der Waals surface area contributed by atoms with Gasteiger partial charge in [-0.3, -0.25) is 9.59 Å². The van der Waals surface area contributed by atoms with Crippen molar-refractivity contribution in [3.8, 4) is 5.75 Å². The number of esters is 1. The Labute approximate surface area is 168 Å². The van der Waals surface area contributed by atoms with Crippen molar-refractivity contribution in [2.75, 3.05) is 13.2 Å². The molecule has 1 rings (SSSR count). The molecule has 1 amide bonds. The molecule has 0 fully saturated rings. The molecule has 0 bridgehead atoms. The number of hydrogen-bond acceptors (Lipinski definition) is 5. The number of ether oxygens (including phenoxy) is 2. The lowest BCUT2D eigenvalue weighted by molar-refractivity contribution is -0.147. The second kappa shape index (κ2) is 12.3. The second-order valence-electron chi connectivity index (χ2n) is 5.77. The van der Waals surface area contributed by atoms with Gasteiger partial charge in [0.1, 0.15) is 11.8 Å². The van der Waals surface area contributed by atoms with Crippen molar-refractivity contribution >= 4 is 33.6 Å². The minimum absolute atomic E-state index is 0.0957. The van der Waals surface area contributed by atoms with Crippen LogP contribution in [0.4, 0.5) is 0 Å². The van der Waals surface area contributed by atoms with Crippen LogP contribution in [0.3, 0.4) is 0 Å². The molecule has 1 aromatic rings. The molecule has 1 aromatic carbocycles. The Morgan fingerprint density at radius 2 is 1.81 bits per heavy atom. The van der Waals surface area contributed by atoms with Crippen LogP contribution in [0.2, 0.25) is 0 Å². The fourth-order valence-electron chi connectivity index (χ4n) is 2.14. The van der Waals surface area contributed by atoms with Crippen LogP contribution < -0.4 is 10.1 Å². The maximum atomic E-state index is 12.4. The number of amides is 1. The lowest BCUT2D eigenvalue weighted by Crippen LogP contribution is -2.40. The van der Waals surface area contributed by atoms with Crippen LogP contribution in [0.25, 0.3) is 0 Å². The lowest BCUT2D eigenvalue weighted by atomic mass is 10.1. The van der Waals surface area contributed by atoms with E-state index in [0.717, 1.165) is 18.9 Å². The monoisotopic (exact) mass is 439 g/mol. The molecule has 0 saturated carbocycles. The van der Waals surface area contributed by atoms with Crippen molar-refractivity contribution in [3.63, 3.8) is 0 Å². The number of ketones is 1. The largest absolute Gasteiger partial charge is 0.494 e. The van der Waals surface area contributed by atoms with Crippen molar-refractivity contribution in [3.05, 3.63) is 40.4 Å². The summed E-state index contributed by atoms with van der Waals surface area (Å²) in [6.07, 6.45) is 3.53. The molecular formula is C20H26BrNO5. The Hall–Kier alpha value is -2.15. The summed E-state index contributed by atoms with van der Waals surface area (Å²) in [6.45, 7) is 6.41.